The molecule has 0 bridgehead atoms. The third kappa shape index (κ3) is 22.8. The van der Waals surface area contributed by atoms with Gasteiger partial charge in [-0.1, -0.05) is 0 Å². The van der Waals surface area contributed by atoms with E-state index < -0.39 is 49.9 Å². The second-order valence-corrected chi connectivity index (χ2v) is 4.13. The molecule has 0 atom stereocenters. The zero-order valence-electron chi connectivity index (χ0n) is 13.2. The molecule has 0 aliphatic rings. The van der Waals surface area contributed by atoms with Crippen molar-refractivity contribution in [2.24, 2.45) is 0 Å². The summed E-state index contributed by atoms with van der Waals surface area (Å²) in [7, 11) is 0. The van der Waals surface area contributed by atoms with Gasteiger partial charge in [-0.15, -0.1) is 0 Å². The fraction of sp³-hybridized carbons (Fsp3) is 1.00. The van der Waals surface area contributed by atoms with Crippen molar-refractivity contribution in [3.8, 4) is 0 Å². The minimum Gasteiger partial charge on any atom is -0.245 e. The summed E-state index contributed by atoms with van der Waals surface area (Å²) in [6.45, 7) is -1.53. The molecule has 0 saturated carbocycles. The van der Waals surface area contributed by atoms with E-state index in [4.69, 9.17) is 0 Å². The van der Waals surface area contributed by atoms with Gasteiger partial charge in [-0.25, -0.2) is 22.0 Å². The Balaban J connectivity index is -0.000000144. The van der Waals surface area contributed by atoms with E-state index in [1.807, 2.05) is 0 Å². The maximum atomic E-state index is 11.2. The van der Waals surface area contributed by atoms with Crippen LogP contribution < -0.4 is 0 Å². The van der Waals surface area contributed by atoms with Crippen LogP contribution in [0.4, 0.5) is 79.0 Å². The molecule has 176 valence electrons. The number of hydrogen-bond acceptors (Lipinski definition) is 0. The van der Waals surface area contributed by atoms with Crippen LogP contribution in [0.15, 0.2) is 0 Å². The first-order valence-corrected chi connectivity index (χ1v) is 5.79. The monoisotopic (exact) mass is 472 g/mol. The number of rotatable bonds is 2. The Bertz CT molecular complexity index is 348. The van der Waals surface area contributed by atoms with Crippen LogP contribution in [0, 0.1) is 0 Å². The van der Waals surface area contributed by atoms with Crippen LogP contribution in [0.5, 0.6) is 0 Å². The number of halogens is 18. The van der Waals surface area contributed by atoms with Gasteiger partial charge in [-0.2, -0.15) is 57.1 Å². The Labute approximate surface area is 144 Å². The molecular weight excluding hydrogens is 462 g/mol. The number of alkyl halides is 18. The lowest BCUT2D eigenvalue weighted by molar-refractivity contribution is -0.320. The molecule has 0 heterocycles. The second-order valence-electron chi connectivity index (χ2n) is 4.13. The van der Waals surface area contributed by atoms with Crippen LogP contribution in [-0.4, -0.2) is 49.9 Å². The molecule has 0 amide bonds. The fourth-order valence-electron chi connectivity index (χ4n) is 0.124. The van der Waals surface area contributed by atoms with Crippen molar-refractivity contribution < 1.29 is 79.0 Å². The van der Waals surface area contributed by atoms with E-state index in [0.717, 1.165) is 0 Å². The lowest BCUT2D eigenvalue weighted by atomic mass is 10.3. The molecule has 0 aliphatic carbocycles. The summed E-state index contributed by atoms with van der Waals surface area (Å²) >= 11 is 0. The molecular formula is C10H10F18. The summed E-state index contributed by atoms with van der Waals surface area (Å²) in [5.74, 6) is -10.5. The van der Waals surface area contributed by atoms with Crippen molar-refractivity contribution in [3.05, 3.63) is 0 Å². The Kier molecular flexibility index (Phi) is 15.1. The van der Waals surface area contributed by atoms with Crippen LogP contribution in [0.2, 0.25) is 0 Å². The van der Waals surface area contributed by atoms with Gasteiger partial charge in [0, 0.05) is 13.8 Å². The van der Waals surface area contributed by atoms with Gasteiger partial charge in [0.2, 0.25) is 0 Å². The summed E-state index contributed by atoms with van der Waals surface area (Å²) in [5.41, 5.74) is 0. The summed E-state index contributed by atoms with van der Waals surface area (Å²) in [6.07, 6.45) is -23.0. The maximum absolute atomic E-state index is 11.2. The summed E-state index contributed by atoms with van der Waals surface area (Å²) in [4.78, 5) is 0. The minimum absolute atomic E-state index is 0.188. The highest BCUT2D eigenvalue weighted by Crippen LogP contribution is 2.39. The first-order valence-electron chi connectivity index (χ1n) is 5.79. The van der Waals surface area contributed by atoms with Crippen LogP contribution in [-0.2, 0) is 0 Å². The van der Waals surface area contributed by atoms with Gasteiger partial charge in [-0.05, 0) is 0 Å². The SMILES string of the molecule is CC(F)(F)C(F)(F)F.CC(F)(F)F.FC(F)C(F)(F)C(F)(F)F.FCC(F)F. The Morgan fingerprint density at radius 1 is 0.571 bits per heavy atom. The third-order valence-electron chi connectivity index (χ3n) is 1.27. The molecule has 0 radical (unpaired) electrons. The van der Waals surface area contributed by atoms with Crippen LogP contribution in [0.3, 0.4) is 0 Å². The summed E-state index contributed by atoms with van der Waals surface area (Å²) < 4.78 is 193. The highest BCUT2D eigenvalue weighted by atomic mass is 19.4. The van der Waals surface area contributed by atoms with Crippen LogP contribution in [0.1, 0.15) is 13.8 Å². The largest absolute Gasteiger partial charge is 0.459 e. The zero-order chi connectivity index (χ0) is 24.4. The predicted octanol–water partition coefficient (Wildman–Crippen LogP) is 7.44. The van der Waals surface area contributed by atoms with Crippen molar-refractivity contribution in [2.45, 2.75) is 57.1 Å². The van der Waals surface area contributed by atoms with E-state index in [2.05, 4.69) is 0 Å². The molecule has 0 nitrogen and oxygen atoms in total. The van der Waals surface area contributed by atoms with E-state index in [-0.39, 0.29) is 13.8 Å². The predicted molar refractivity (Wildman–Crippen MR) is 57.4 cm³/mol. The van der Waals surface area contributed by atoms with Gasteiger partial charge in [0.1, 0.15) is 0 Å². The zero-order valence-corrected chi connectivity index (χ0v) is 13.2. The Morgan fingerprint density at radius 3 is 0.750 bits per heavy atom. The van der Waals surface area contributed by atoms with Gasteiger partial charge in [0.15, 0.2) is 6.67 Å². The molecule has 0 aromatic heterocycles. The smallest absolute Gasteiger partial charge is 0.245 e. The van der Waals surface area contributed by atoms with Crippen molar-refractivity contribution in [3.63, 3.8) is 0 Å². The quantitative estimate of drug-likeness (QED) is 0.367. The van der Waals surface area contributed by atoms with Crippen molar-refractivity contribution in [1.82, 2.24) is 0 Å². The normalized spacial score (nSPS) is 13.1. The van der Waals surface area contributed by atoms with E-state index in [0.29, 0.717) is 0 Å². The van der Waals surface area contributed by atoms with Gasteiger partial charge in [0.25, 0.3) is 6.43 Å². The van der Waals surface area contributed by atoms with E-state index in [1.165, 1.54) is 0 Å². The lowest BCUT2D eigenvalue weighted by Gasteiger charge is -2.17. The lowest BCUT2D eigenvalue weighted by Crippen LogP contribution is -2.42. The molecule has 0 aromatic rings. The Hall–Kier alpha value is -1.26. The van der Waals surface area contributed by atoms with Gasteiger partial charge in [-0.3, -0.25) is 0 Å². The first-order chi connectivity index (χ1) is 11.7. The molecule has 0 aliphatic heterocycles. The molecule has 0 aromatic carbocycles. The third-order valence-corrected chi connectivity index (χ3v) is 1.27. The van der Waals surface area contributed by atoms with Gasteiger partial charge >= 0.3 is 36.8 Å². The average Bonchev–Trinajstić information content (AvgIpc) is 2.34. The van der Waals surface area contributed by atoms with Crippen LogP contribution >= 0.6 is 0 Å². The molecule has 28 heavy (non-hydrogen) atoms. The Morgan fingerprint density at radius 2 is 0.750 bits per heavy atom. The van der Waals surface area contributed by atoms with E-state index >= 15 is 0 Å². The highest BCUT2D eigenvalue weighted by molar-refractivity contribution is 4.77. The van der Waals surface area contributed by atoms with Crippen molar-refractivity contribution >= 4 is 0 Å². The molecule has 0 rings (SSSR count). The second kappa shape index (κ2) is 12.3. The average molecular weight is 472 g/mol. The van der Waals surface area contributed by atoms with E-state index in [9.17, 15) is 79.0 Å². The number of hydrogen-bond donors (Lipinski definition) is 0. The molecule has 0 unspecified atom stereocenters. The van der Waals surface area contributed by atoms with E-state index in [1.54, 1.807) is 0 Å². The van der Waals surface area contributed by atoms with Gasteiger partial charge < -0.3 is 0 Å². The molecule has 0 saturated heterocycles. The topological polar surface area (TPSA) is 0 Å². The maximum Gasteiger partial charge on any atom is 0.459 e. The highest BCUT2D eigenvalue weighted by Gasteiger charge is 2.64. The van der Waals surface area contributed by atoms with Gasteiger partial charge in [0.05, 0.1) is 0 Å². The molecule has 0 spiro atoms. The standard InChI is InChI=1S/C3HF7.C3H3F5.2C2H3F3/c4-1(5)2(6,7)3(8,9)10;1-2(4,5)3(6,7)8;1-2(3,4)5;3-1-2(4)5/h1H;1H3;1H3;2H,1H2. The first kappa shape index (κ1) is 34.3. The van der Waals surface area contributed by atoms with Crippen molar-refractivity contribution in [1.29, 1.82) is 0 Å². The molecule has 18 heteroatoms. The fourth-order valence-corrected chi connectivity index (χ4v) is 0.124. The summed E-state index contributed by atoms with van der Waals surface area (Å²) in [5, 5.41) is 0. The minimum atomic E-state index is -6.17. The molecule has 0 N–H and O–H groups in total. The summed E-state index contributed by atoms with van der Waals surface area (Å²) in [6, 6.07) is 0. The van der Waals surface area contributed by atoms with Crippen LogP contribution in [0.25, 0.3) is 0 Å². The van der Waals surface area contributed by atoms with Crippen molar-refractivity contribution in [2.75, 3.05) is 6.67 Å². The molecule has 0 fully saturated rings.